The molecule has 126 valence electrons. The molecule has 24 heavy (non-hydrogen) atoms. The Morgan fingerprint density at radius 3 is 2.75 bits per heavy atom. The van der Waals surface area contributed by atoms with Crippen molar-refractivity contribution in [2.24, 2.45) is 11.8 Å². The number of para-hydroxylation sites is 1. The topological polar surface area (TPSA) is 78.5 Å². The molecule has 1 heterocycles. The first kappa shape index (κ1) is 16.2. The van der Waals surface area contributed by atoms with Crippen molar-refractivity contribution in [3.8, 4) is 0 Å². The zero-order chi connectivity index (χ0) is 17.1. The highest BCUT2D eigenvalue weighted by Gasteiger charge is 2.45. The predicted octanol–water partition coefficient (Wildman–Crippen LogP) is 1.83. The van der Waals surface area contributed by atoms with E-state index < -0.39 is 6.03 Å². The molecule has 1 saturated carbocycles. The summed E-state index contributed by atoms with van der Waals surface area (Å²) in [6.07, 6.45) is 3.37. The van der Waals surface area contributed by atoms with Crippen molar-refractivity contribution in [3.05, 3.63) is 43.0 Å². The zero-order valence-corrected chi connectivity index (χ0v) is 13.4. The smallest absolute Gasteiger partial charge is 0.328 e. The van der Waals surface area contributed by atoms with Crippen LogP contribution in [0.5, 0.6) is 0 Å². The van der Waals surface area contributed by atoms with E-state index >= 15 is 0 Å². The second-order valence-corrected chi connectivity index (χ2v) is 6.22. The molecule has 1 aliphatic heterocycles. The van der Waals surface area contributed by atoms with Gasteiger partial charge in [0.05, 0.1) is 11.6 Å². The highest BCUT2D eigenvalue weighted by Crippen LogP contribution is 2.34. The van der Waals surface area contributed by atoms with Crippen LogP contribution in [0, 0.1) is 11.8 Å². The van der Waals surface area contributed by atoms with E-state index in [2.05, 4.69) is 17.2 Å². The minimum absolute atomic E-state index is 0.0412. The largest absolute Gasteiger partial charge is 0.352 e. The van der Waals surface area contributed by atoms with Gasteiger partial charge in [-0.05, 0) is 31.4 Å². The van der Waals surface area contributed by atoms with Crippen LogP contribution in [0.4, 0.5) is 10.5 Å². The van der Waals surface area contributed by atoms with Gasteiger partial charge in [-0.2, -0.15) is 0 Å². The van der Waals surface area contributed by atoms with Gasteiger partial charge in [-0.1, -0.05) is 24.3 Å². The lowest BCUT2D eigenvalue weighted by Crippen LogP contribution is -2.62. The SMILES string of the molecule is C=CCNC(=O)C1CCC2C(=O)N(c3ccccc3)C(=O)NC2C1. The third kappa shape index (κ3) is 3.04. The molecule has 0 spiro atoms. The lowest BCUT2D eigenvalue weighted by molar-refractivity contribution is -0.130. The van der Waals surface area contributed by atoms with E-state index in [1.165, 1.54) is 4.90 Å². The fourth-order valence-corrected chi connectivity index (χ4v) is 3.49. The quantitative estimate of drug-likeness (QED) is 0.828. The summed E-state index contributed by atoms with van der Waals surface area (Å²) in [5.74, 6) is -0.672. The maximum Gasteiger partial charge on any atom is 0.328 e. The van der Waals surface area contributed by atoms with E-state index in [0.717, 1.165) is 0 Å². The minimum Gasteiger partial charge on any atom is -0.352 e. The van der Waals surface area contributed by atoms with Gasteiger partial charge in [0.25, 0.3) is 0 Å². The Morgan fingerprint density at radius 2 is 2.04 bits per heavy atom. The van der Waals surface area contributed by atoms with Gasteiger partial charge in [-0.3, -0.25) is 9.59 Å². The molecule has 2 N–H and O–H groups in total. The number of imide groups is 1. The number of carbonyl (C=O) groups is 3. The molecule has 6 heteroatoms. The summed E-state index contributed by atoms with van der Waals surface area (Å²) in [7, 11) is 0. The molecule has 1 aromatic carbocycles. The normalized spacial score (nSPS) is 26.3. The third-order valence-corrected chi connectivity index (χ3v) is 4.71. The zero-order valence-electron chi connectivity index (χ0n) is 13.4. The minimum atomic E-state index is -0.417. The summed E-state index contributed by atoms with van der Waals surface area (Å²) < 4.78 is 0. The molecule has 1 saturated heterocycles. The maximum absolute atomic E-state index is 12.8. The van der Waals surface area contributed by atoms with Gasteiger partial charge in [-0.15, -0.1) is 6.58 Å². The van der Waals surface area contributed by atoms with Crippen molar-refractivity contribution < 1.29 is 14.4 Å². The van der Waals surface area contributed by atoms with Gasteiger partial charge in [0.1, 0.15) is 0 Å². The maximum atomic E-state index is 12.8. The molecule has 3 rings (SSSR count). The number of carbonyl (C=O) groups excluding carboxylic acids is 3. The van der Waals surface area contributed by atoms with E-state index in [1.807, 2.05) is 6.07 Å². The van der Waals surface area contributed by atoms with Crippen molar-refractivity contribution in [2.75, 3.05) is 11.4 Å². The fourth-order valence-electron chi connectivity index (χ4n) is 3.49. The first-order valence-corrected chi connectivity index (χ1v) is 8.20. The summed E-state index contributed by atoms with van der Waals surface area (Å²) in [5.41, 5.74) is 0.573. The molecule has 2 aliphatic rings. The first-order valence-electron chi connectivity index (χ1n) is 8.20. The Balaban J connectivity index is 1.72. The number of nitrogens with one attached hydrogen (secondary N) is 2. The van der Waals surface area contributed by atoms with Crippen LogP contribution in [0.15, 0.2) is 43.0 Å². The van der Waals surface area contributed by atoms with Crippen LogP contribution in [-0.2, 0) is 9.59 Å². The van der Waals surface area contributed by atoms with Crippen molar-refractivity contribution in [2.45, 2.75) is 25.3 Å². The number of nitrogens with zero attached hydrogens (tertiary/aromatic N) is 1. The number of urea groups is 1. The molecular weight excluding hydrogens is 306 g/mol. The molecule has 6 nitrogen and oxygen atoms in total. The lowest BCUT2D eigenvalue weighted by Gasteiger charge is -2.41. The van der Waals surface area contributed by atoms with Crippen LogP contribution in [0.3, 0.4) is 0 Å². The lowest BCUT2D eigenvalue weighted by atomic mass is 9.76. The second kappa shape index (κ2) is 6.86. The molecule has 3 unspecified atom stereocenters. The summed E-state index contributed by atoms with van der Waals surface area (Å²) in [5, 5.41) is 5.69. The fraction of sp³-hybridized carbons (Fsp3) is 0.389. The van der Waals surface area contributed by atoms with Crippen LogP contribution in [0.2, 0.25) is 0 Å². The van der Waals surface area contributed by atoms with Crippen LogP contribution in [0.25, 0.3) is 0 Å². The predicted molar refractivity (Wildman–Crippen MR) is 90.3 cm³/mol. The van der Waals surface area contributed by atoms with E-state index in [1.54, 1.807) is 30.3 Å². The van der Waals surface area contributed by atoms with Crippen molar-refractivity contribution in [1.82, 2.24) is 10.6 Å². The summed E-state index contributed by atoms with van der Waals surface area (Å²) in [6.45, 7) is 4.01. The molecule has 1 aromatic rings. The highest BCUT2D eigenvalue weighted by atomic mass is 16.2. The van der Waals surface area contributed by atoms with Gasteiger partial charge in [0, 0.05) is 18.5 Å². The first-order chi connectivity index (χ1) is 11.6. The van der Waals surface area contributed by atoms with Crippen LogP contribution in [0.1, 0.15) is 19.3 Å². The number of fused-ring (bicyclic) bond motifs is 1. The number of benzene rings is 1. The van der Waals surface area contributed by atoms with E-state index in [-0.39, 0.29) is 29.7 Å². The van der Waals surface area contributed by atoms with Crippen LogP contribution in [-0.4, -0.2) is 30.4 Å². The van der Waals surface area contributed by atoms with Crippen LogP contribution >= 0.6 is 0 Å². The molecule has 0 aromatic heterocycles. The average molecular weight is 327 g/mol. The third-order valence-electron chi connectivity index (χ3n) is 4.71. The second-order valence-electron chi connectivity index (χ2n) is 6.22. The molecule has 1 aliphatic carbocycles. The molecular formula is C18H21N3O3. The van der Waals surface area contributed by atoms with Crippen LogP contribution < -0.4 is 15.5 Å². The standard InChI is InChI=1S/C18H21N3O3/c1-2-10-19-16(22)12-8-9-14-15(11-12)20-18(24)21(17(14)23)13-6-4-3-5-7-13/h2-7,12,14-15H,1,8-11H2,(H,19,22)(H,20,24). The Labute approximate surface area is 140 Å². The summed E-state index contributed by atoms with van der Waals surface area (Å²) in [4.78, 5) is 38.5. The summed E-state index contributed by atoms with van der Waals surface area (Å²) >= 11 is 0. The van der Waals surface area contributed by atoms with E-state index in [9.17, 15) is 14.4 Å². The number of rotatable bonds is 4. The Bertz CT molecular complexity index is 659. The van der Waals surface area contributed by atoms with Gasteiger partial charge in [0.2, 0.25) is 11.8 Å². The van der Waals surface area contributed by atoms with Crippen molar-refractivity contribution >= 4 is 23.5 Å². The Kier molecular flexibility index (Phi) is 4.64. The Hall–Kier alpha value is -2.63. The molecule has 0 radical (unpaired) electrons. The van der Waals surface area contributed by atoms with Crippen molar-refractivity contribution in [1.29, 1.82) is 0 Å². The molecule has 4 amide bonds. The van der Waals surface area contributed by atoms with E-state index in [0.29, 0.717) is 31.5 Å². The number of hydrogen-bond donors (Lipinski definition) is 2. The number of hydrogen-bond acceptors (Lipinski definition) is 3. The van der Waals surface area contributed by atoms with Crippen molar-refractivity contribution in [3.63, 3.8) is 0 Å². The average Bonchev–Trinajstić information content (AvgIpc) is 2.60. The number of amides is 4. The van der Waals surface area contributed by atoms with Gasteiger partial charge in [-0.25, -0.2) is 9.69 Å². The molecule has 0 bridgehead atoms. The molecule has 2 fully saturated rings. The summed E-state index contributed by atoms with van der Waals surface area (Å²) in [6, 6.07) is 8.22. The number of anilines is 1. The Morgan fingerprint density at radius 1 is 1.29 bits per heavy atom. The molecule has 3 atom stereocenters. The van der Waals surface area contributed by atoms with Gasteiger partial charge >= 0.3 is 6.03 Å². The highest BCUT2D eigenvalue weighted by molar-refractivity contribution is 6.17. The monoisotopic (exact) mass is 327 g/mol. The van der Waals surface area contributed by atoms with Gasteiger partial charge < -0.3 is 10.6 Å². The van der Waals surface area contributed by atoms with Gasteiger partial charge in [0.15, 0.2) is 0 Å². The van der Waals surface area contributed by atoms with E-state index in [4.69, 9.17) is 0 Å².